The second-order valence-electron chi connectivity index (χ2n) is 3.67. The van der Waals surface area contributed by atoms with Gasteiger partial charge in [-0.1, -0.05) is 30.3 Å². The van der Waals surface area contributed by atoms with Gasteiger partial charge in [0.1, 0.15) is 12.4 Å². The number of hydrogen-bond acceptors (Lipinski definition) is 2. The van der Waals surface area contributed by atoms with E-state index in [-0.39, 0.29) is 0 Å². The van der Waals surface area contributed by atoms with Crippen LogP contribution in [0.2, 0.25) is 0 Å². The van der Waals surface area contributed by atoms with Crippen LogP contribution in [-0.2, 0) is 0 Å². The van der Waals surface area contributed by atoms with Crippen molar-refractivity contribution < 1.29 is 9.84 Å². The van der Waals surface area contributed by atoms with Gasteiger partial charge in [-0.3, -0.25) is 0 Å². The number of rotatable bonds is 3. The Morgan fingerprint density at radius 3 is 2.60 bits per heavy atom. The van der Waals surface area contributed by atoms with E-state index in [1.807, 2.05) is 36.4 Å². The van der Waals surface area contributed by atoms with E-state index in [4.69, 9.17) is 9.84 Å². The average Bonchev–Trinajstić information content (AvgIpc) is 2.26. The molecule has 0 fully saturated rings. The zero-order chi connectivity index (χ0) is 10.7. The molecule has 0 aliphatic rings. The smallest absolute Gasteiger partial charge is 0.120 e. The largest absolute Gasteiger partial charge is 0.491 e. The fraction of sp³-hybridized carbons (Fsp3) is 0.231. The monoisotopic (exact) mass is 202 g/mol. The van der Waals surface area contributed by atoms with Crippen LogP contribution in [0.1, 0.15) is 6.92 Å². The number of hydrogen-bond donors (Lipinski definition) is 1. The number of fused-ring (bicyclic) bond motifs is 1. The minimum atomic E-state index is -0.434. The van der Waals surface area contributed by atoms with E-state index >= 15 is 0 Å². The van der Waals surface area contributed by atoms with Gasteiger partial charge in [0, 0.05) is 0 Å². The van der Waals surface area contributed by atoms with Crippen molar-refractivity contribution >= 4 is 10.8 Å². The third kappa shape index (κ3) is 2.48. The lowest BCUT2D eigenvalue weighted by Gasteiger charge is -2.08. The van der Waals surface area contributed by atoms with Crippen LogP contribution in [0.25, 0.3) is 10.8 Å². The van der Waals surface area contributed by atoms with Crippen molar-refractivity contribution in [3.63, 3.8) is 0 Å². The summed E-state index contributed by atoms with van der Waals surface area (Å²) in [6.45, 7) is 2.04. The maximum atomic E-state index is 9.10. The molecule has 2 heteroatoms. The maximum Gasteiger partial charge on any atom is 0.120 e. The third-order valence-corrected chi connectivity index (χ3v) is 2.21. The third-order valence-electron chi connectivity index (χ3n) is 2.21. The summed E-state index contributed by atoms with van der Waals surface area (Å²) >= 11 is 0. The Morgan fingerprint density at radius 1 is 1.13 bits per heavy atom. The van der Waals surface area contributed by atoms with Gasteiger partial charge in [0.05, 0.1) is 6.10 Å². The van der Waals surface area contributed by atoms with Gasteiger partial charge in [-0.25, -0.2) is 0 Å². The lowest BCUT2D eigenvalue weighted by molar-refractivity contribution is 0.123. The molecular weight excluding hydrogens is 188 g/mol. The highest BCUT2D eigenvalue weighted by Gasteiger charge is 1.99. The van der Waals surface area contributed by atoms with Crippen LogP contribution in [-0.4, -0.2) is 17.8 Å². The summed E-state index contributed by atoms with van der Waals surface area (Å²) in [5, 5.41) is 11.5. The summed E-state index contributed by atoms with van der Waals surface area (Å²) in [7, 11) is 0. The molecule has 2 nitrogen and oxygen atoms in total. The van der Waals surface area contributed by atoms with Crippen molar-refractivity contribution in [3.05, 3.63) is 42.5 Å². The summed E-state index contributed by atoms with van der Waals surface area (Å²) in [6, 6.07) is 14.0. The zero-order valence-electron chi connectivity index (χ0n) is 8.68. The van der Waals surface area contributed by atoms with Crippen molar-refractivity contribution in [1.29, 1.82) is 0 Å². The van der Waals surface area contributed by atoms with Crippen molar-refractivity contribution in [3.8, 4) is 5.75 Å². The minimum Gasteiger partial charge on any atom is -0.491 e. The fourth-order valence-electron chi connectivity index (χ4n) is 1.47. The first kappa shape index (κ1) is 9.99. The Balaban J connectivity index is 2.23. The highest BCUT2D eigenvalue weighted by atomic mass is 16.5. The molecule has 0 spiro atoms. The van der Waals surface area contributed by atoms with Crippen molar-refractivity contribution in [2.45, 2.75) is 13.0 Å². The molecule has 0 radical (unpaired) electrons. The molecule has 2 aromatic rings. The summed E-state index contributed by atoms with van der Waals surface area (Å²) in [4.78, 5) is 0. The second-order valence-corrected chi connectivity index (χ2v) is 3.67. The molecule has 0 bridgehead atoms. The Labute approximate surface area is 89.1 Å². The fourth-order valence-corrected chi connectivity index (χ4v) is 1.47. The Hall–Kier alpha value is -1.54. The van der Waals surface area contributed by atoms with Gasteiger partial charge in [0.15, 0.2) is 0 Å². The molecule has 0 aromatic heterocycles. The quantitative estimate of drug-likeness (QED) is 0.829. The predicted molar refractivity (Wildman–Crippen MR) is 61.1 cm³/mol. The molecule has 15 heavy (non-hydrogen) atoms. The molecular formula is C13H14O2. The number of aliphatic hydroxyl groups excluding tert-OH is 1. The highest BCUT2D eigenvalue weighted by molar-refractivity contribution is 5.83. The average molecular weight is 202 g/mol. The number of benzene rings is 2. The SMILES string of the molecule is CC(O)COc1ccc2ccccc2c1. The molecule has 0 aliphatic carbocycles. The summed E-state index contributed by atoms with van der Waals surface area (Å²) in [5.74, 6) is 0.801. The molecule has 0 aliphatic heterocycles. The van der Waals surface area contributed by atoms with E-state index in [0.29, 0.717) is 6.61 Å². The van der Waals surface area contributed by atoms with Crippen LogP contribution < -0.4 is 4.74 Å². The van der Waals surface area contributed by atoms with E-state index in [2.05, 4.69) is 6.07 Å². The van der Waals surface area contributed by atoms with E-state index in [1.54, 1.807) is 6.92 Å². The van der Waals surface area contributed by atoms with Gasteiger partial charge in [-0.2, -0.15) is 0 Å². The van der Waals surface area contributed by atoms with E-state index in [1.165, 1.54) is 5.39 Å². The van der Waals surface area contributed by atoms with Crippen LogP contribution in [0.15, 0.2) is 42.5 Å². The molecule has 1 unspecified atom stereocenters. The van der Waals surface area contributed by atoms with Crippen molar-refractivity contribution in [1.82, 2.24) is 0 Å². The van der Waals surface area contributed by atoms with Crippen LogP contribution in [0.3, 0.4) is 0 Å². The van der Waals surface area contributed by atoms with Crippen LogP contribution in [0, 0.1) is 0 Å². The van der Waals surface area contributed by atoms with Gasteiger partial charge < -0.3 is 9.84 Å². The Bertz CT molecular complexity index is 449. The maximum absolute atomic E-state index is 9.10. The first-order valence-electron chi connectivity index (χ1n) is 5.05. The second kappa shape index (κ2) is 4.32. The van der Waals surface area contributed by atoms with E-state index in [0.717, 1.165) is 11.1 Å². The summed E-state index contributed by atoms with van der Waals surface area (Å²) in [5.41, 5.74) is 0. The molecule has 78 valence electrons. The number of ether oxygens (including phenoxy) is 1. The molecule has 1 atom stereocenters. The lowest BCUT2D eigenvalue weighted by atomic mass is 10.1. The van der Waals surface area contributed by atoms with Gasteiger partial charge in [0.2, 0.25) is 0 Å². The molecule has 0 heterocycles. The predicted octanol–water partition coefficient (Wildman–Crippen LogP) is 2.60. The zero-order valence-corrected chi connectivity index (χ0v) is 8.68. The minimum absolute atomic E-state index is 0.332. The first-order valence-corrected chi connectivity index (χ1v) is 5.05. The van der Waals surface area contributed by atoms with Crippen LogP contribution in [0.4, 0.5) is 0 Å². The van der Waals surface area contributed by atoms with E-state index < -0.39 is 6.10 Å². The van der Waals surface area contributed by atoms with Gasteiger partial charge >= 0.3 is 0 Å². The topological polar surface area (TPSA) is 29.5 Å². The Kier molecular flexibility index (Phi) is 2.88. The molecule has 2 rings (SSSR count). The van der Waals surface area contributed by atoms with E-state index in [9.17, 15) is 0 Å². The normalized spacial score (nSPS) is 12.7. The molecule has 2 aromatic carbocycles. The standard InChI is InChI=1S/C13H14O2/c1-10(14)9-15-13-7-6-11-4-2-3-5-12(11)8-13/h2-8,10,14H,9H2,1H3. The van der Waals surface area contributed by atoms with Gasteiger partial charge in [-0.15, -0.1) is 0 Å². The van der Waals surface area contributed by atoms with Gasteiger partial charge in [-0.05, 0) is 29.8 Å². The molecule has 0 saturated carbocycles. The highest BCUT2D eigenvalue weighted by Crippen LogP contribution is 2.20. The lowest BCUT2D eigenvalue weighted by Crippen LogP contribution is -2.12. The molecule has 0 saturated heterocycles. The first-order chi connectivity index (χ1) is 7.25. The molecule has 1 N–H and O–H groups in total. The summed E-state index contributed by atoms with van der Waals surface area (Å²) < 4.78 is 5.43. The summed E-state index contributed by atoms with van der Waals surface area (Å²) in [6.07, 6.45) is -0.434. The molecule has 0 amide bonds. The van der Waals surface area contributed by atoms with Crippen LogP contribution >= 0.6 is 0 Å². The van der Waals surface area contributed by atoms with Crippen molar-refractivity contribution in [2.75, 3.05) is 6.61 Å². The Morgan fingerprint density at radius 2 is 1.87 bits per heavy atom. The van der Waals surface area contributed by atoms with Gasteiger partial charge in [0.25, 0.3) is 0 Å². The number of aliphatic hydroxyl groups is 1. The van der Waals surface area contributed by atoms with Crippen LogP contribution in [0.5, 0.6) is 5.75 Å². The van der Waals surface area contributed by atoms with Crippen molar-refractivity contribution in [2.24, 2.45) is 0 Å².